The maximum absolute atomic E-state index is 1.68. The average Bonchev–Trinajstić information content (AvgIpc) is 3.46. The number of fused-ring (bicyclic) bond motifs is 6. The zero-order valence-electron chi connectivity index (χ0n) is 30.2. The Labute approximate surface area is 285 Å². The summed E-state index contributed by atoms with van der Waals surface area (Å²) < 4.78 is 0. The van der Waals surface area contributed by atoms with E-state index in [4.69, 9.17) is 0 Å². The summed E-state index contributed by atoms with van der Waals surface area (Å²) >= 11 is 0. The van der Waals surface area contributed by atoms with Crippen molar-refractivity contribution >= 4 is 0 Å². The van der Waals surface area contributed by atoms with Crippen molar-refractivity contribution in [2.75, 3.05) is 0 Å². The molecule has 0 bridgehead atoms. The fourth-order valence-electron chi connectivity index (χ4n) is 18.7. The molecule has 46 heavy (non-hydrogen) atoms. The molecule has 10 aliphatic rings. The second kappa shape index (κ2) is 13.0. The first kappa shape index (κ1) is 30.8. The maximum atomic E-state index is 1.68. The van der Waals surface area contributed by atoms with Gasteiger partial charge in [0.25, 0.3) is 0 Å². The molecule has 0 aromatic heterocycles. The molecule has 0 heterocycles. The van der Waals surface area contributed by atoms with Crippen molar-refractivity contribution in [3.63, 3.8) is 0 Å². The zero-order valence-corrected chi connectivity index (χ0v) is 30.2. The molecule has 14 atom stereocenters. The molecule has 14 unspecified atom stereocenters. The normalized spacial score (nSPS) is 56.9. The summed E-state index contributed by atoms with van der Waals surface area (Å²) in [7, 11) is 0. The Morgan fingerprint density at radius 3 is 1.00 bits per heavy atom. The van der Waals surface area contributed by atoms with Crippen molar-refractivity contribution in [3.8, 4) is 0 Å². The minimum Gasteiger partial charge on any atom is -0.0530 e. The van der Waals surface area contributed by atoms with Crippen LogP contribution in [0.5, 0.6) is 0 Å². The minimum absolute atomic E-state index is 1.12. The van der Waals surface area contributed by atoms with Crippen molar-refractivity contribution in [1.29, 1.82) is 0 Å². The minimum atomic E-state index is 1.12. The third-order valence-corrected chi connectivity index (χ3v) is 19.7. The lowest BCUT2D eigenvalue weighted by Gasteiger charge is -2.62. The van der Waals surface area contributed by atoms with Gasteiger partial charge in [0.1, 0.15) is 0 Å². The van der Waals surface area contributed by atoms with Crippen LogP contribution < -0.4 is 0 Å². The van der Waals surface area contributed by atoms with Gasteiger partial charge in [0.2, 0.25) is 0 Å². The van der Waals surface area contributed by atoms with Gasteiger partial charge in [-0.1, -0.05) is 77.0 Å². The van der Waals surface area contributed by atoms with E-state index in [0.29, 0.717) is 0 Å². The molecule has 10 fully saturated rings. The molecule has 0 amide bonds. The van der Waals surface area contributed by atoms with Gasteiger partial charge in [0.05, 0.1) is 0 Å². The van der Waals surface area contributed by atoms with Crippen molar-refractivity contribution in [2.24, 2.45) is 107 Å². The van der Waals surface area contributed by atoms with Gasteiger partial charge in [-0.3, -0.25) is 0 Å². The summed E-state index contributed by atoms with van der Waals surface area (Å²) in [6, 6.07) is 0. The third-order valence-electron chi connectivity index (χ3n) is 19.7. The van der Waals surface area contributed by atoms with Crippen LogP contribution in [0.1, 0.15) is 180 Å². The predicted molar refractivity (Wildman–Crippen MR) is 192 cm³/mol. The van der Waals surface area contributed by atoms with Gasteiger partial charge < -0.3 is 0 Å². The highest BCUT2D eigenvalue weighted by molar-refractivity contribution is 5.10. The highest BCUT2D eigenvalue weighted by Crippen LogP contribution is 2.69. The van der Waals surface area contributed by atoms with Crippen LogP contribution >= 0.6 is 0 Å². The van der Waals surface area contributed by atoms with Gasteiger partial charge in [-0.15, -0.1) is 0 Å². The molecule has 0 saturated heterocycles. The van der Waals surface area contributed by atoms with Crippen molar-refractivity contribution in [1.82, 2.24) is 0 Å². The van der Waals surface area contributed by atoms with Gasteiger partial charge in [0.15, 0.2) is 0 Å². The van der Waals surface area contributed by atoms with Crippen molar-refractivity contribution in [2.45, 2.75) is 180 Å². The van der Waals surface area contributed by atoms with Crippen LogP contribution in [0.4, 0.5) is 0 Å². The molecule has 0 N–H and O–H groups in total. The van der Waals surface area contributed by atoms with Crippen LogP contribution in [0.25, 0.3) is 0 Å². The summed E-state index contributed by atoms with van der Waals surface area (Å²) in [5, 5.41) is 0. The predicted octanol–water partition coefficient (Wildman–Crippen LogP) is 13.1. The van der Waals surface area contributed by atoms with Crippen molar-refractivity contribution < 1.29 is 0 Å². The van der Waals surface area contributed by atoms with Gasteiger partial charge >= 0.3 is 0 Å². The first-order valence-electron chi connectivity index (χ1n) is 22.8. The molecule has 0 aromatic rings. The molecule has 0 aromatic carbocycles. The van der Waals surface area contributed by atoms with Gasteiger partial charge in [-0.25, -0.2) is 0 Å². The summed E-state index contributed by atoms with van der Waals surface area (Å²) in [4.78, 5) is 0. The lowest BCUT2D eigenvalue weighted by atomic mass is 9.43. The maximum Gasteiger partial charge on any atom is -0.0321 e. The number of hydrogen-bond acceptors (Lipinski definition) is 0. The van der Waals surface area contributed by atoms with Crippen LogP contribution in [-0.4, -0.2) is 0 Å². The third kappa shape index (κ3) is 5.04. The van der Waals surface area contributed by atoms with Crippen LogP contribution in [0, 0.1) is 107 Å². The first-order chi connectivity index (χ1) is 22.8. The quantitative estimate of drug-likeness (QED) is 0.292. The Kier molecular flexibility index (Phi) is 8.67. The molecule has 0 radical (unpaired) electrons. The average molecular weight is 627 g/mol. The van der Waals surface area contributed by atoms with Gasteiger partial charge in [-0.2, -0.15) is 0 Å². The summed E-state index contributed by atoms with van der Waals surface area (Å²) in [5.41, 5.74) is 0. The summed E-state index contributed by atoms with van der Waals surface area (Å²) in [5.74, 6) is 20.7. The van der Waals surface area contributed by atoms with E-state index in [9.17, 15) is 0 Å². The Morgan fingerprint density at radius 2 is 0.435 bits per heavy atom. The standard InChI is InChI=1S/C46H74/c1-2-13-32-29(11-1)12-9-20-33(32)30-23-25-31(26-24-30)44-37-16-5-7-18-39(37)46(40-19-8-6-17-38(40)44)43-28-27-42-35-15-4-3-14-34(35)36-21-10-22-41(43)45(36)42/h29-46H,1-28H2. The molecule has 258 valence electrons. The Hall–Kier alpha value is 0. The molecule has 10 rings (SSSR count). The molecule has 0 nitrogen and oxygen atoms in total. The van der Waals surface area contributed by atoms with Crippen LogP contribution in [0.3, 0.4) is 0 Å². The molecule has 0 spiro atoms. The number of hydrogen-bond donors (Lipinski definition) is 0. The fraction of sp³-hybridized carbons (Fsp3) is 1.00. The highest BCUT2D eigenvalue weighted by atomic mass is 14.7. The molecule has 0 heteroatoms. The van der Waals surface area contributed by atoms with Gasteiger partial charge in [-0.05, 0) is 209 Å². The van der Waals surface area contributed by atoms with E-state index in [1.807, 2.05) is 0 Å². The van der Waals surface area contributed by atoms with E-state index in [1.165, 1.54) is 29.6 Å². The fourth-order valence-corrected chi connectivity index (χ4v) is 18.7. The second-order valence-electron chi connectivity index (χ2n) is 20.7. The molecule has 10 aliphatic carbocycles. The lowest BCUT2D eigenvalue weighted by molar-refractivity contribution is -0.136. The molecule has 0 aliphatic heterocycles. The number of rotatable bonds is 3. The summed E-state index contributed by atoms with van der Waals surface area (Å²) in [6.07, 6.45) is 45.3. The Balaban J connectivity index is 0.899. The highest BCUT2D eigenvalue weighted by Gasteiger charge is 2.61. The van der Waals surface area contributed by atoms with E-state index in [2.05, 4.69) is 0 Å². The molecular weight excluding hydrogens is 553 g/mol. The van der Waals surface area contributed by atoms with E-state index in [1.54, 1.807) is 180 Å². The lowest BCUT2D eigenvalue weighted by Crippen LogP contribution is -2.55. The van der Waals surface area contributed by atoms with E-state index in [-0.39, 0.29) is 0 Å². The van der Waals surface area contributed by atoms with Crippen LogP contribution in [-0.2, 0) is 0 Å². The smallest absolute Gasteiger partial charge is 0.0321 e. The zero-order chi connectivity index (χ0) is 30.2. The van der Waals surface area contributed by atoms with E-state index in [0.717, 1.165) is 76.9 Å². The van der Waals surface area contributed by atoms with E-state index < -0.39 is 0 Å². The molecule has 10 saturated carbocycles. The van der Waals surface area contributed by atoms with Crippen molar-refractivity contribution in [3.05, 3.63) is 0 Å². The van der Waals surface area contributed by atoms with E-state index >= 15 is 0 Å². The van der Waals surface area contributed by atoms with Crippen LogP contribution in [0.15, 0.2) is 0 Å². The first-order valence-corrected chi connectivity index (χ1v) is 22.8. The Morgan fingerprint density at radius 1 is 0.152 bits per heavy atom. The van der Waals surface area contributed by atoms with Crippen LogP contribution in [0.2, 0.25) is 0 Å². The summed E-state index contributed by atoms with van der Waals surface area (Å²) in [6.45, 7) is 0. The topological polar surface area (TPSA) is 0 Å². The van der Waals surface area contributed by atoms with Gasteiger partial charge in [0, 0.05) is 0 Å². The SMILES string of the molecule is C1CCC2C(C1)CCCC2C1CCC(C2C3CCCCC3C(C3CCC4C5CCCCC5C5CCCC3C54)C3CCCCC32)CC1. The molecular formula is C46H74. The largest absolute Gasteiger partial charge is 0.0530 e. The monoisotopic (exact) mass is 627 g/mol. The second-order valence-corrected chi connectivity index (χ2v) is 20.7. The Bertz CT molecular complexity index is 995.